The molecule has 69 heavy (non-hydrogen) atoms. The normalized spacial score (nSPS) is 12.4. The minimum absolute atomic E-state index is 0.202. The van der Waals surface area contributed by atoms with Crippen LogP contribution in [0.3, 0.4) is 0 Å². The Morgan fingerprint density at radius 3 is 0.812 bits per heavy atom. The van der Waals surface area contributed by atoms with E-state index in [1.165, 1.54) is 0 Å². The van der Waals surface area contributed by atoms with Crippen molar-refractivity contribution < 1.29 is 27.1 Å². The van der Waals surface area contributed by atoms with Crippen molar-refractivity contribution in [2.45, 2.75) is 115 Å². The number of fused-ring (bicyclic) bond motifs is 2. The van der Waals surface area contributed by atoms with E-state index in [0.717, 1.165) is 53.6 Å². The summed E-state index contributed by atoms with van der Waals surface area (Å²) in [5.41, 5.74) is 3.40. The van der Waals surface area contributed by atoms with Crippen molar-refractivity contribution in [2.24, 2.45) is 0 Å². The van der Waals surface area contributed by atoms with Gasteiger partial charge in [0.1, 0.15) is 34.5 Å². The third-order valence-electron chi connectivity index (χ3n) is 11.7. The van der Waals surface area contributed by atoms with Crippen molar-refractivity contribution in [1.29, 1.82) is 0 Å². The van der Waals surface area contributed by atoms with Crippen LogP contribution in [0.25, 0.3) is 21.5 Å². The first-order valence-corrected chi connectivity index (χ1v) is 26.5. The molecule has 9 heteroatoms. The lowest BCUT2D eigenvalue weighted by atomic mass is 9.86. The molecule has 0 aliphatic rings. The van der Waals surface area contributed by atoms with Crippen LogP contribution in [0.15, 0.2) is 180 Å². The Bertz CT molecular complexity index is 2740. The van der Waals surface area contributed by atoms with Crippen molar-refractivity contribution in [3.05, 3.63) is 192 Å². The van der Waals surface area contributed by atoms with Crippen LogP contribution in [0, 0.1) is 0 Å². The van der Waals surface area contributed by atoms with E-state index in [-0.39, 0.29) is 21.7 Å². The molecule has 0 radical (unpaired) electrons. The molecule has 0 aromatic heterocycles. The molecule has 0 bridgehead atoms. The van der Waals surface area contributed by atoms with Gasteiger partial charge in [0.15, 0.2) is 0 Å². The van der Waals surface area contributed by atoms with Gasteiger partial charge in [0, 0.05) is 22.3 Å². The van der Waals surface area contributed by atoms with Crippen LogP contribution in [0.4, 0.5) is 0 Å². The van der Waals surface area contributed by atoms with E-state index in [1.54, 1.807) is 11.8 Å². The highest BCUT2D eigenvalue weighted by Crippen LogP contribution is 2.55. The monoisotopic (exact) mass is 974 g/mol. The van der Waals surface area contributed by atoms with E-state index < -0.39 is 17.2 Å². The molecule has 0 saturated carbocycles. The van der Waals surface area contributed by atoms with Gasteiger partial charge >= 0.3 is 17.2 Å². The van der Waals surface area contributed by atoms with Gasteiger partial charge in [-0.2, -0.15) is 0 Å². The lowest BCUT2D eigenvalue weighted by Gasteiger charge is -2.28. The second-order valence-electron chi connectivity index (χ2n) is 21.3. The molecule has 8 rings (SSSR count). The average molecular weight is 975 g/mol. The first-order chi connectivity index (χ1) is 32.7. The van der Waals surface area contributed by atoms with Gasteiger partial charge in [0.25, 0.3) is 0 Å². The number of hydrogen-bond acceptors (Lipinski definition) is 7. The van der Waals surface area contributed by atoms with Gasteiger partial charge in [-0.15, -0.1) is 0 Å². The summed E-state index contributed by atoms with van der Waals surface area (Å²) in [5.74, 6) is 4.05. The van der Waals surface area contributed by atoms with E-state index in [2.05, 4.69) is 168 Å². The minimum atomic E-state index is -2.08. The van der Waals surface area contributed by atoms with Crippen LogP contribution in [0.5, 0.6) is 34.5 Å². The van der Waals surface area contributed by atoms with Crippen molar-refractivity contribution >= 4 is 50.5 Å². The van der Waals surface area contributed by atoms with Gasteiger partial charge in [0.05, 0.1) is 9.79 Å². The Kier molecular flexibility index (Phi) is 14.6. The predicted molar refractivity (Wildman–Crippen MR) is 290 cm³/mol. The zero-order valence-corrected chi connectivity index (χ0v) is 44.5. The number of rotatable bonds is 14. The van der Waals surface area contributed by atoms with Crippen molar-refractivity contribution in [1.82, 2.24) is 0 Å². The molecule has 0 aliphatic heterocycles. The molecule has 0 saturated heterocycles. The predicted octanol–water partition coefficient (Wildman–Crippen LogP) is 18.9. The van der Waals surface area contributed by atoms with Crippen LogP contribution >= 0.6 is 29.0 Å². The minimum Gasteiger partial charge on any atom is -0.408 e. The number of benzene rings is 8. The average Bonchev–Trinajstić information content (AvgIpc) is 3.29. The Morgan fingerprint density at radius 1 is 0.275 bits per heavy atom. The fourth-order valence-electron chi connectivity index (χ4n) is 8.16. The van der Waals surface area contributed by atoms with Crippen molar-refractivity contribution in [3.63, 3.8) is 0 Å². The van der Waals surface area contributed by atoms with Crippen molar-refractivity contribution in [3.8, 4) is 34.5 Å². The second-order valence-corrected chi connectivity index (χ2v) is 24.3. The highest BCUT2D eigenvalue weighted by atomic mass is 32.2. The summed E-state index contributed by atoms with van der Waals surface area (Å²) >= 11 is 1.59. The van der Waals surface area contributed by atoms with Crippen LogP contribution in [-0.4, -0.2) is 0 Å². The molecule has 8 aromatic carbocycles. The summed E-state index contributed by atoms with van der Waals surface area (Å²) < 4.78 is 42.1. The van der Waals surface area contributed by atoms with Crippen LogP contribution < -0.4 is 27.1 Å². The molecular weight excluding hydrogens is 911 g/mol. The lowest BCUT2D eigenvalue weighted by Crippen LogP contribution is -2.15. The summed E-state index contributed by atoms with van der Waals surface area (Å²) in [6, 6.07) is 57.6. The van der Waals surface area contributed by atoms with Gasteiger partial charge in [-0.1, -0.05) is 228 Å². The Hall–Kier alpha value is -5.71. The van der Waals surface area contributed by atoms with Crippen molar-refractivity contribution in [2.75, 3.05) is 0 Å². The van der Waals surface area contributed by atoms with Crippen LogP contribution in [-0.2, 0) is 21.7 Å². The van der Waals surface area contributed by atoms with Crippen LogP contribution in [0.2, 0.25) is 0 Å². The second kappa shape index (κ2) is 20.3. The zero-order chi connectivity index (χ0) is 49.1. The Labute approximate surface area is 416 Å². The van der Waals surface area contributed by atoms with Gasteiger partial charge in [-0.25, -0.2) is 0 Å². The largest absolute Gasteiger partial charge is 0.530 e. The van der Waals surface area contributed by atoms with E-state index in [9.17, 15) is 0 Å². The topological polar surface area (TPSA) is 55.4 Å². The molecule has 0 spiro atoms. The summed E-state index contributed by atoms with van der Waals surface area (Å²) in [6.07, 6.45) is 0. The summed E-state index contributed by atoms with van der Waals surface area (Å²) in [7, 11) is -4.17. The highest BCUT2D eigenvalue weighted by molar-refractivity contribution is 8.00. The molecule has 0 unspecified atom stereocenters. The maximum absolute atomic E-state index is 7.16. The Morgan fingerprint density at radius 2 is 0.522 bits per heavy atom. The fourth-order valence-corrected chi connectivity index (χ4v) is 11.6. The molecule has 6 nitrogen and oxygen atoms in total. The van der Waals surface area contributed by atoms with E-state index in [4.69, 9.17) is 27.1 Å². The quantitative estimate of drug-likeness (QED) is 0.101. The summed E-state index contributed by atoms with van der Waals surface area (Å²) in [5, 5.41) is 4.13. The SMILES string of the molecule is CC(C)(C)c1ccccc1OP(Oc1ccccc1C(C)(C)C)Oc1ccc2ccccc2c1Sc1c(OP(Oc2ccccc2C(C)(C)C)Oc2ccccc2C(C)(C)C)ccc2ccccc12. The van der Waals surface area contributed by atoms with Gasteiger partial charge in [-0.3, -0.25) is 0 Å². The Balaban J connectivity index is 1.26. The molecule has 0 heterocycles. The highest BCUT2D eigenvalue weighted by Gasteiger charge is 2.32. The maximum atomic E-state index is 7.16. The van der Waals surface area contributed by atoms with Gasteiger partial charge < -0.3 is 27.1 Å². The van der Waals surface area contributed by atoms with Gasteiger partial charge in [-0.05, 0) is 79.6 Å². The van der Waals surface area contributed by atoms with Crippen LogP contribution in [0.1, 0.15) is 105 Å². The van der Waals surface area contributed by atoms with E-state index in [0.29, 0.717) is 34.5 Å². The summed E-state index contributed by atoms with van der Waals surface area (Å²) in [6.45, 7) is 26.2. The third kappa shape index (κ3) is 11.8. The van der Waals surface area contributed by atoms with E-state index in [1.807, 2.05) is 84.9 Å². The first kappa shape index (κ1) is 49.7. The zero-order valence-electron chi connectivity index (χ0n) is 41.9. The molecular formula is C60H64O6P2S. The molecule has 8 aromatic rings. The standard InChI is InChI=1S/C60H64O6P2S/c1-57(2,3)45-29-17-21-33-49(45)61-67(62-50-34-22-18-30-46(50)58(4,5)6)65-53-39-37-41-25-13-15-27-43(41)55(53)69-56-44-28-16-14-26-42(44)38-40-54(56)66-68(63-51-35-23-19-31-47(51)59(7,8)9)64-52-36-24-20-32-48(52)60(10,11)12/h13-40H,1-12H3. The summed E-state index contributed by atoms with van der Waals surface area (Å²) in [4.78, 5) is 1.76. The van der Waals surface area contributed by atoms with Gasteiger partial charge in [0.2, 0.25) is 0 Å². The van der Waals surface area contributed by atoms with E-state index >= 15 is 0 Å². The molecule has 0 amide bonds. The molecule has 356 valence electrons. The number of hydrogen-bond donors (Lipinski definition) is 0. The smallest absolute Gasteiger partial charge is 0.408 e. The fraction of sp³-hybridized carbons (Fsp3) is 0.267. The molecule has 0 fully saturated rings. The first-order valence-electron chi connectivity index (χ1n) is 23.5. The number of para-hydroxylation sites is 4. The molecule has 0 N–H and O–H groups in total. The maximum Gasteiger partial charge on any atom is 0.530 e. The molecule has 0 aliphatic carbocycles. The molecule has 0 atom stereocenters. The third-order valence-corrected chi connectivity index (χ3v) is 15.0. The lowest BCUT2D eigenvalue weighted by molar-refractivity contribution is 0.374.